The molecule has 1 aliphatic carbocycles. The van der Waals surface area contributed by atoms with E-state index in [2.05, 4.69) is 11.8 Å². The van der Waals surface area contributed by atoms with Crippen LogP contribution in [-0.2, 0) is 10.0 Å². The van der Waals surface area contributed by atoms with E-state index in [0.717, 1.165) is 25.4 Å². The quantitative estimate of drug-likeness (QED) is 0.790. The van der Waals surface area contributed by atoms with Crippen LogP contribution in [0.4, 0.5) is 0 Å². The summed E-state index contributed by atoms with van der Waals surface area (Å²) >= 11 is 0. The first kappa shape index (κ1) is 13.8. The third kappa shape index (κ3) is 2.83. The third-order valence-electron chi connectivity index (χ3n) is 5.34. The highest BCUT2D eigenvalue weighted by atomic mass is 32.2. The molecule has 1 spiro atoms. The Kier molecular flexibility index (Phi) is 3.65. The predicted octanol–water partition coefficient (Wildman–Crippen LogP) is 1.53. The smallest absolute Gasteiger partial charge is 0.214 e. The van der Waals surface area contributed by atoms with Gasteiger partial charge in [0.05, 0.1) is 5.75 Å². The van der Waals surface area contributed by atoms with Gasteiger partial charge in [-0.25, -0.2) is 12.7 Å². The summed E-state index contributed by atoms with van der Waals surface area (Å²) in [6, 6.07) is 0. The Hall–Kier alpha value is -0.130. The van der Waals surface area contributed by atoms with Gasteiger partial charge in [-0.1, -0.05) is 13.3 Å². The highest BCUT2D eigenvalue weighted by molar-refractivity contribution is 7.89. The van der Waals surface area contributed by atoms with E-state index in [1.807, 2.05) is 0 Å². The summed E-state index contributed by atoms with van der Waals surface area (Å²) in [5, 5.41) is 0. The first-order chi connectivity index (χ1) is 8.99. The zero-order valence-corrected chi connectivity index (χ0v) is 12.8. The fourth-order valence-electron chi connectivity index (χ4n) is 4.28. The van der Waals surface area contributed by atoms with Gasteiger partial charge in [0.1, 0.15) is 0 Å². The van der Waals surface area contributed by atoms with Crippen LogP contribution in [0.25, 0.3) is 0 Å². The van der Waals surface area contributed by atoms with Crippen molar-refractivity contribution in [3.8, 4) is 0 Å². The molecule has 0 bridgehead atoms. The van der Waals surface area contributed by atoms with E-state index in [1.54, 1.807) is 4.31 Å². The van der Waals surface area contributed by atoms with Gasteiger partial charge in [0.25, 0.3) is 0 Å². The average molecular weight is 286 g/mol. The van der Waals surface area contributed by atoms with Crippen LogP contribution in [0, 0.1) is 11.3 Å². The molecule has 0 aromatic carbocycles. The van der Waals surface area contributed by atoms with Gasteiger partial charge in [0, 0.05) is 26.2 Å². The largest absolute Gasteiger partial charge is 0.301 e. The summed E-state index contributed by atoms with van der Waals surface area (Å²) in [5.41, 5.74) is 0.573. The standard InChI is InChI=1S/C14H26N2O2S/c1-13-3-4-14(11-13)5-7-15(12-14)8-9-16-6-2-10-19(16,17)18/h13H,2-12H2,1H3. The first-order valence-electron chi connectivity index (χ1n) is 7.69. The van der Waals surface area contributed by atoms with Crippen LogP contribution in [0.15, 0.2) is 0 Å². The molecule has 2 aliphatic heterocycles. The number of rotatable bonds is 3. The van der Waals surface area contributed by atoms with Gasteiger partial charge in [-0.3, -0.25) is 0 Å². The maximum Gasteiger partial charge on any atom is 0.214 e. The molecule has 0 radical (unpaired) electrons. The Bertz CT molecular complexity index is 437. The Morgan fingerprint density at radius 1 is 1.21 bits per heavy atom. The molecule has 1 saturated carbocycles. The van der Waals surface area contributed by atoms with Crippen molar-refractivity contribution in [1.82, 2.24) is 9.21 Å². The molecule has 2 saturated heterocycles. The summed E-state index contributed by atoms with van der Waals surface area (Å²) in [7, 11) is -2.91. The van der Waals surface area contributed by atoms with E-state index in [4.69, 9.17) is 0 Å². The zero-order valence-electron chi connectivity index (χ0n) is 12.0. The van der Waals surface area contributed by atoms with Gasteiger partial charge in [-0.05, 0) is 43.6 Å². The zero-order chi connectivity index (χ0) is 13.5. The molecule has 0 aromatic heterocycles. The summed E-state index contributed by atoms with van der Waals surface area (Å²) in [5.74, 6) is 1.24. The van der Waals surface area contributed by atoms with Gasteiger partial charge >= 0.3 is 0 Å². The van der Waals surface area contributed by atoms with E-state index in [1.165, 1.54) is 38.8 Å². The Balaban J connectivity index is 1.50. The van der Waals surface area contributed by atoms with Gasteiger partial charge in [0.2, 0.25) is 10.0 Å². The van der Waals surface area contributed by atoms with E-state index in [-0.39, 0.29) is 0 Å². The van der Waals surface area contributed by atoms with Crippen molar-refractivity contribution in [3.05, 3.63) is 0 Å². The molecule has 2 unspecified atom stereocenters. The lowest BCUT2D eigenvalue weighted by molar-refractivity contribution is 0.244. The van der Waals surface area contributed by atoms with E-state index < -0.39 is 10.0 Å². The molecule has 5 heteroatoms. The fourth-order valence-corrected chi connectivity index (χ4v) is 5.80. The lowest BCUT2D eigenvalue weighted by atomic mass is 9.85. The van der Waals surface area contributed by atoms with Crippen LogP contribution in [0.1, 0.15) is 39.0 Å². The van der Waals surface area contributed by atoms with Crippen molar-refractivity contribution in [2.45, 2.75) is 39.0 Å². The first-order valence-corrected chi connectivity index (χ1v) is 9.30. The SMILES string of the molecule is CC1CCC2(CCN(CCN3CCCS3(=O)=O)C2)C1. The van der Waals surface area contributed by atoms with Crippen molar-refractivity contribution >= 4 is 10.0 Å². The monoisotopic (exact) mass is 286 g/mol. The van der Waals surface area contributed by atoms with Crippen LogP contribution in [0.5, 0.6) is 0 Å². The summed E-state index contributed by atoms with van der Waals surface area (Å²) in [6.45, 7) is 7.10. The molecule has 2 heterocycles. The molecule has 3 aliphatic rings. The van der Waals surface area contributed by atoms with Crippen molar-refractivity contribution < 1.29 is 8.42 Å². The maximum atomic E-state index is 11.8. The van der Waals surface area contributed by atoms with Crippen LogP contribution in [-0.4, -0.2) is 56.1 Å². The minimum Gasteiger partial charge on any atom is -0.301 e. The molecule has 4 nitrogen and oxygen atoms in total. The lowest BCUT2D eigenvalue weighted by Crippen LogP contribution is -2.36. The molecule has 110 valence electrons. The number of hydrogen-bond donors (Lipinski definition) is 0. The second-order valence-electron chi connectivity index (χ2n) is 6.94. The minimum absolute atomic E-state index is 0.356. The lowest BCUT2D eigenvalue weighted by Gasteiger charge is -2.25. The Labute approximate surface area is 117 Å². The number of likely N-dealkylation sites (tertiary alicyclic amines) is 1. The Morgan fingerprint density at radius 2 is 2.05 bits per heavy atom. The third-order valence-corrected chi connectivity index (χ3v) is 7.29. The molecular weight excluding hydrogens is 260 g/mol. The van der Waals surface area contributed by atoms with Crippen molar-refractivity contribution in [2.75, 3.05) is 38.5 Å². The molecule has 0 aromatic rings. The number of nitrogens with zero attached hydrogens (tertiary/aromatic N) is 2. The molecule has 0 N–H and O–H groups in total. The average Bonchev–Trinajstić information content (AvgIpc) is 2.99. The summed E-state index contributed by atoms with van der Waals surface area (Å²) < 4.78 is 25.2. The van der Waals surface area contributed by atoms with Crippen molar-refractivity contribution in [3.63, 3.8) is 0 Å². The number of sulfonamides is 1. The molecular formula is C14H26N2O2S. The highest BCUT2D eigenvalue weighted by Gasteiger charge is 2.42. The molecule has 0 amide bonds. The van der Waals surface area contributed by atoms with E-state index >= 15 is 0 Å². The van der Waals surface area contributed by atoms with Gasteiger partial charge in [-0.15, -0.1) is 0 Å². The second kappa shape index (κ2) is 5.01. The minimum atomic E-state index is -2.91. The predicted molar refractivity (Wildman–Crippen MR) is 76.5 cm³/mol. The van der Waals surface area contributed by atoms with E-state index in [0.29, 0.717) is 17.7 Å². The highest BCUT2D eigenvalue weighted by Crippen LogP contribution is 2.47. The second-order valence-corrected chi connectivity index (χ2v) is 9.03. The fraction of sp³-hybridized carbons (Fsp3) is 1.00. The normalized spacial score (nSPS) is 39.5. The van der Waals surface area contributed by atoms with Gasteiger partial charge in [0.15, 0.2) is 0 Å². The molecule has 3 rings (SSSR count). The van der Waals surface area contributed by atoms with E-state index in [9.17, 15) is 8.42 Å². The Morgan fingerprint density at radius 3 is 2.68 bits per heavy atom. The van der Waals surface area contributed by atoms with Gasteiger partial charge in [-0.2, -0.15) is 0 Å². The van der Waals surface area contributed by atoms with Crippen molar-refractivity contribution in [1.29, 1.82) is 0 Å². The van der Waals surface area contributed by atoms with Crippen LogP contribution in [0.3, 0.4) is 0 Å². The molecule has 3 fully saturated rings. The summed E-state index contributed by atoms with van der Waals surface area (Å²) in [6.07, 6.45) is 6.28. The topological polar surface area (TPSA) is 40.6 Å². The van der Waals surface area contributed by atoms with Gasteiger partial charge < -0.3 is 4.90 Å². The summed E-state index contributed by atoms with van der Waals surface area (Å²) in [4.78, 5) is 2.49. The molecule has 19 heavy (non-hydrogen) atoms. The van der Waals surface area contributed by atoms with Crippen molar-refractivity contribution in [2.24, 2.45) is 11.3 Å². The maximum absolute atomic E-state index is 11.8. The van der Waals surface area contributed by atoms with Crippen LogP contribution >= 0.6 is 0 Å². The van der Waals surface area contributed by atoms with Crippen LogP contribution < -0.4 is 0 Å². The molecule has 2 atom stereocenters. The van der Waals surface area contributed by atoms with Crippen LogP contribution in [0.2, 0.25) is 0 Å². The number of hydrogen-bond acceptors (Lipinski definition) is 3.